The van der Waals surface area contributed by atoms with Crippen molar-refractivity contribution in [1.29, 1.82) is 0 Å². The van der Waals surface area contributed by atoms with Crippen LogP contribution in [-0.4, -0.2) is 19.0 Å². The van der Waals surface area contributed by atoms with Gasteiger partial charge in [0.05, 0.1) is 13.1 Å². The van der Waals surface area contributed by atoms with E-state index in [9.17, 15) is 4.79 Å². The number of aryl methyl sites for hydroxylation is 1. The molecule has 3 nitrogen and oxygen atoms in total. The molecule has 3 heteroatoms. The van der Waals surface area contributed by atoms with Crippen molar-refractivity contribution < 1.29 is 9.69 Å². The third kappa shape index (κ3) is 3.33. The van der Waals surface area contributed by atoms with Gasteiger partial charge in [0.25, 0.3) is 0 Å². The van der Waals surface area contributed by atoms with Crippen molar-refractivity contribution in [2.45, 2.75) is 32.7 Å². The second-order valence-corrected chi connectivity index (χ2v) is 5.27. The van der Waals surface area contributed by atoms with Crippen LogP contribution in [0.25, 0.3) is 0 Å². The van der Waals surface area contributed by atoms with Crippen LogP contribution in [0.2, 0.25) is 0 Å². The number of benzene rings is 1. The summed E-state index contributed by atoms with van der Waals surface area (Å²) in [6.07, 6.45) is 2.98. The highest BCUT2D eigenvalue weighted by Crippen LogP contribution is 2.09. The Morgan fingerprint density at radius 1 is 1.22 bits per heavy atom. The van der Waals surface area contributed by atoms with Crippen LogP contribution in [0.4, 0.5) is 0 Å². The van der Waals surface area contributed by atoms with Crippen LogP contribution in [0.1, 0.15) is 30.9 Å². The third-order valence-electron chi connectivity index (χ3n) is 3.98. The molecular formula is C15H23N2O+. The van der Waals surface area contributed by atoms with Gasteiger partial charge in [-0.1, -0.05) is 31.2 Å². The molecule has 1 aliphatic heterocycles. The Bertz CT molecular complexity index is 391. The van der Waals surface area contributed by atoms with Gasteiger partial charge in [-0.3, -0.25) is 4.79 Å². The fourth-order valence-corrected chi connectivity index (χ4v) is 2.67. The average Bonchev–Trinajstić information content (AvgIpc) is 2.40. The van der Waals surface area contributed by atoms with E-state index in [2.05, 4.69) is 31.2 Å². The van der Waals surface area contributed by atoms with Crippen molar-refractivity contribution in [3.63, 3.8) is 0 Å². The highest BCUT2D eigenvalue weighted by molar-refractivity contribution is 5.76. The van der Waals surface area contributed by atoms with Crippen LogP contribution in [0, 0.1) is 5.92 Å². The van der Waals surface area contributed by atoms with Crippen LogP contribution in [-0.2, 0) is 17.8 Å². The lowest BCUT2D eigenvalue weighted by atomic mass is 9.96. The number of nitrogens with two attached hydrogens (primary N) is 1. The van der Waals surface area contributed by atoms with E-state index < -0.39 is 0 Å². The van der Waals surface area contributed by atoms with E-state index in [0.717, 1.165) is 38.9 Å². The third-order valence-corrected chi connectivity index (χ3v) is 3.98. The molecule has 1 heterocycles. The maximum Gasteiger partial charge on any atom is 0.220 e. The van der Waals surface area contributed by atoms with Crippen LogP contribution in [0.3, 0.4) is 0 Å². The van der Waals surface area contributed by atoms with Gasteiger partial charge >= 0.3 is 0 Å². The van der Waals surface area contributed by atoms with E-state index in [1.807, 2.05) is 0 Å². The van der Waals surface area contributed by atoms with Gasteiger partial charge in [-0.2, -0.15) is 0 Å². The summed E-state index contributed by atoms with van der Waals surface area (Å²) < 4.78 is 0. The Hall–Kier alpha value is -1.35. The highest BCUT2D eigenvalue weighted by atomic mass is 16.1. The molecule has 0 bridgehead atoms. The molecule has 1 aliphatic rings. The summed E-state index contributed by atoms with van der Waals surface area (Å²) in [5, 5.41) is 0. The Morgan fingerprint density at radius 3 is 2.28 bits per heavy atom. The Morgan fingerprint density at radius 2 is 1.78 bits per heavy atom. The zero-order chi connectivity index (χ0) is 13.0. The van der Waals surface area contributed by atoms with Gasteiger partial charge in [-0.15, -0.1) is 0 Å². The van der Waals surface area contributed by atoms with Crippen LogP contribution < -0.4 is 10.6 Å². The number of quaternary nitrogens is 1. The molecule has 3 N–H and O–H groups in total. The van der Waals surface area contributed by atoms with Crippen LogP contribution >= 0.6 is 0 Å². The van der Waals surface area contributed by atoms with E-state index in [1.165, 1.54) is 11.1 Å². The average molecular weight is 247 g/mol. The second-order valence-electron chi connectivity index (χ2n) is 5.27. The van der Waals surface area contributed by atoms with Crippen molar-refractivity contribution in [2.24, 2.45) is 11.7 Å². The smallest absolute Gasteiger partial charge is 0.220 e. The summed E-state index contributed by atoms with van der Waals surface area (Å²) >= 11 is 0. The molecule has 1 fully saturated rings. The topological polar surface area (TPSA) is 47.5 Å². The second kappa shape index (κ2) is 6.01. The maximum absolute atomic E-state index is 11.1. The molecule has 98 valence electrons. The zero-order valence-electron chi connectivity index (χ0n) is 11.1. The predicted octanol–water partition coefficient (Wildman–Crippen LogP) is 0.529. The van der Waals surface area contributed by atoms with E-state index >= 15 is 0 Å². The van der Waals surface area contributed by atoms with E-state index in [-0.39, 0.29) is 11.8 Å². The number of hydrogen-bond donors (Lipinski definition) is 2. The highest BCUT2D eigenvalue weighted by Gasteiger charge is 2.25. The fourth-order valence-electron chi connectivity index (χ4n) is 2.67. The zero-order valence-corrected chi connectivity index (χ0v) is 11.1. The van der Waals surface area contributed by atoms with Crippen molar-refractivity contribution in [2.75, 3.05) is 13.1 Å². The van der Waals surface area contributed by atoms with Crippen molar-refractivity contribution >= 4 is 5.91 Å². The number of piperidine rings is 1. The van der Waals surface area contributed by atoms with Crippen molar-refractivity contribution in [1.82, 2.24) is 0 Å². The quantitative estimate of drug-likeness (QED) is 0.801. The van der Waals surface area contributed by atoms with E-state index in [4.69, 9.17) is 5.73 Å². The van der Waals surface area contributed by atoms with Crippen LogP contribution in [0.15, 0.2) is 24.3 Å². The first-order valence-electron chi connectivity index (χ1n) is 6.89. The molecule has 0 aromatic heterocycles. The Kier molecular flexibility index (Phi) is 4.37. The predicted molar refractivity (Wildman–Crippen MR) is 72.1 cm³/mol. The monoisotopic (exact) mass is 247 g/mol. The Balaban J connectivity index is 1.85. The molecule has 1 aromatic carbocycles. The molecule has 1 amide bonds. The molecular weight excluding hydrogens is 224 g/mol. The number of nitrogens with one attached hydrogen (secondary N) is 1. The van der Waals surface area contributed by atoms with Gasteiger partial charge < -0.3 is 10.6 Å². The first-order chi connectivity index (χ1) is 8.69. The van der Waals surface area contributed by atoms with E-state index in [1.54, 1.807) is 4.90 Å². The first kappa shape index (κ1) is 13.1. The number of likely N-dealkylation sites (tertiary alicyclic amines) is 1. The summed E-state index contributed by atoms with van der Waals surface area (Å²) in [7, 11) is 0. The Labute approximate surface area is 109 Å². The van der Waals surface area contributed by atoms with Gasteiger partial charge in [0.2, 0.25) is 5.91 Å². The van der Waals surface area contributed by atoms with Gasteiger partial charge in [0.15, 0.2) is 0 Å². The number of carbonyl (C=O) groups is 1. The summed E-state index contributed by atoms with van der Waals surface area (Å²) in [6.45, 7) is 5.36. The molecule has 18 heavy (non-hydrogen) atoms. The van der Waals surface area contributed by atoms with E-state index in [0.29, 0.717) is 0 Å². The van der Waals surface area contributed by atoms with Gasteiger partial charge in [-0.05, 0) is 12.0 Å². The summed E-state index contributed by atoms with van der Waals surface area (Å²) in [4.78, 5) is 12.7. The number of carbonyl (C=O) groups excluding carboxylic acids is 1. The summed E-state index contributed by atoms with van der Waals surface area (Å²) in [5.74, 6) is -0.0161. The molecule has 1 saturated heterocycles. The maximum atomic E-state index is 11.1. The molecule has 0 aliphatic carbocycles. The standard InChI is InChI=1S/C15H22N2O/c1-2-12-3-5-13(6-4-12)11-17-9-7-14(8-10-17)15(16)18/h3-6,14H,2,7-11H2,1H3,(H2,16,18)/p+1. The molecule has 0 radical (unpaired) electrons. The lowest BCUT2D eigenvalue weighted by Crippen LogP contribution is -3.11. The molecule has 0 spiro atoms. The number of amides is 1. The number of primary amides is 1. The number of hydrogen-bond acceptors (Lipinski definition) is 1. The SMILES string of the molecule is CCc1ccc(C[NH+]2CCC(C(N)=O)CC2)cc1. The van der Waals surface area contributed by atoms with Crippen LogP contribution in [0.5, 0.6) is 0 Å². The lowest BCUT2D eigenvalue weighted by Gasteiger charge is -2.27. The minimum atomic E-state index is -0.124. The molecule has 0 saturated carbocycles. The first-order valence-corrected chi connectivity index (χ1v) is 6.89. The lowest BCUT2D eigenvalue weighted by molar-refractivity contribution is -0.919. The molecule has 2 rings (SSSR count). The summed E-state index contributed by atoms with van der Waals surface area (Å²) in [5.41, 5.74) is 8.13. The van der Waals surface area contributed by atoms with Gasteiger partial charge in [0, 0.05) is 24.3 Å². The van der Waals surface area contributed by atoms with Gasteiger partial charge in [0.1, 0.15) is 6.54 Å². The molecule has 0 unspecified atom stereocenters. The minimum Gasteiger partial charge on any atom is -0.369 e. The minimum absolute atomic E-state index is 0.108. The number of rotatable bonds is 4. The molecule has 1 aromatic rings. The van der Waals surface area contributed by atoms with Crippen molar-refractivity contribution in [3.8, 4) is 0 Å². The molecule has 0 atom stereocenters. The van der Waals surface area contributed by atoms with Crippen molar-refractivity contribution in [3.05, 3.63) is 35.4 Å². The fraction of sp³-hybridized carbons (Fsp3) is 0.533. The largest absolute Gasteiger partial charge is 0.369 e. The van der Waals surface area contributed by atoms with Gasteiger partial charge in [-0.25, -0.2) is 0 Å². The normalized spacial score (nSPS) is 23.8. The summed E-state index contributed by atoms with van der Waals surface area (Å²) in [6, 6.07) is 8.88.